The summed E-state index contributed by atoms with van der Waals surface area (Å²) in [6.45, 7) is 3.89. The molecule has 0 aliphatic heterocycles. The van der Waals surface area contributed by atoms with E-state index in [0.29, 0.717) is 13.1 Å². The summed E-state index contributed by atoms with van der Waals surface area (Å²) in [4.78, 5) is 11.6. The van der Waals surface area contributed by atoms with Gasteiger partial charge in [0.15, 0.2) is 0 Å². The number of phenols is 2. The van der Waals surface area contributed by atoms with E-state index >= 15 is 0 Å². The highest BCUT2D eigenvalue weighted by atomic mass is 16.3. The lowest BCUT2D eigenvalue weighted by Crippen LogP contribution is -2.31. The molecule has 0 aliphatic carbocycles. The Morgan fingerprint density at radius 2 is 1.88 bits per heavy atom. The Kier molecular flexibility index (Phi) is 4.60. The lowest BCUT2D eigenvalue weighted by atomic mass is 10.1. The lowest BCUT2D eigenvalue weighted by molar-refractivity contribution is 0.0948. The molecule has 16 heavy (non-hydrogen) atoms. The van der Waals surface area contributed by atoms with Crippen molar-refractivity contribution in [3.05, 3.63) is 23.8 Å². The summed E-state index contributed by atoms with van der Waals surface area (Å²) in [7, 11) is 0. The van der Waals surface area contributed by atoms with Gasteiger partial charge in [0.2, 0.25) is 0 Å². The number of nitrogens with one attached hydrogen (secondary N) is 2. The van der Waals surface area contributed by atoms with Crippen molar-refractivity contribution >= 4 is 5.91 Å². The summed E-state index contributed by atoms with van der Waals surface area (Å²) >= 11 is 0. The number of rotatable bonds is 5. The maximum absolute atomic E-state index is 11.6. The van der Waals surface area contributed by atoms with E-state index in [0.717, 1.165) is 6.54 Å². The maximum Gasteiger partial charge on any atom is 0.258 e. The van der Waals surface area contributed by atoms with Crippen molar-refractivity contribution in [3.63, 3.8) is 0 Å². The van der Waals surface area contributed by atoms with Crippen LogP contribution in [0.4, 0.5) is 0 Å². The van der Waals surface area contributed by atoms with E-state index in [9.17, 15) is 15.0 Å². The molecule has 4 N–H and O–H groups in total. The van der Waals surface area contributed by atoms with Gasteiger partial charge in [0.25, 0.3) is 5.91 Å². The van der Waals surface area contributed by atoms with Crippen LogP contribution in [0.25, 0.3) is 0 Å². The molecule has 1 aromatic carbocycles. The molecule has 1 aromatic rings. The minimum Gasteiger partial charge on any atom is -0.507 e. The molecule has 0 bridgehead atoms. The average molecular weight is 224 g/mol. The second kappa shape index (κ2) is 5.97. The first-order chi connectivity index (χ1) is 7.66. The van der Waals surface area contributed by atoms with Crippen LogP contribution < -0.4 is 10.6 Å². The van der Waals surface area contributed by atoms with Crippen molar-refractivity contribution < 1.29 is 15.0 Å². The van der Waals surface area contributed by atoms with Gasteiger partial charge in [0.05, 0.1) is 0 Å². The van der Waals surface area contributed by atoms with Crippen molar-refractivity contribution in [2.75, 3.05) is 19.6 Å². The predicted molar refractivity (Wildman–Crippen MR) is 60.6 cm³/mol. The van der Waals surface area contributed by atoms with Gasteiger partial charge in [0, 0.05) is 13.1 Å². The minimum absolute atomic E-state index is 0.0843. The first-order valence-electron chi connectivity index (χ1n) is 5.16. The smallest absolute Gasteiger partial charge is 0.258 e. The van der Waals surface area contributed by atoms with Crippen LogP contribution in [0.1, 0.15) is 17.3 Å². The van der Waals surface area contributed by atoms with Crippen LogP contribution in [0.5, 0.6) is 11.5 Å². The van der Waals surface area contributed by atoms with E-state index in [-0.39, 0.29) is 17.1 Å². The number of aromatic hydroxyl groups is 2. The Balaban J connectivity index is 2.59. The number of carbonyl (C=O) groups excluding carboxylic acids is 1. The standard InChI is InChI=1S/C11H16N2O3/c1-2-12-6-7-13-11(16)10-8(14)4-3-5-9(10)15/h3-5,12,14-15H,2,6-7H2,1H3,(H,13,16). The third-order valence-corrected chi connectivity index (χ3v) is 2.08. The van der Waals surface area contributed by atoms with Gasteiger partial charge in [-0.05, 0) is 18.7 Å². The van der Waals surface area contributed by atoms with E-state index < -0.39 is 5.91 Å². The summed E-state index contributed by atoms with van der Waals surface area (Å²) in [5.74, 6) is -0.921. The fourth-order valence-electron chi connectivity index (χ4n) is 1.29. The van der Waals surface area contributed by atoms with Gasteiger partial charge in [-0.1, -0.05) is 13.0 Å². The topological polar surface area (TPSA) is 81.6 Å². The Bertz CT molecular complexity index is 346. The van der Waals surface area contributed by atoms with Crippen molar-refractivity contribution in [2.24, 2.45) is 0 Å². The van der Waals surface area contributed by atoms with Crippen LogP contribution in [-0.4, -0.2) is 35.8 Å². The molecule has 0 atom stereocenters. The van der Waals surface area contributed by atoms with Crippen molar-refractivity contribution in [3.8, 4) is 11.5 Å². The summed E-state index contributed by atoms with van der Waals surface area (Å²) in [6, 6.07) is 4.19. The van der Waals surface area contributed by atoms with Gasteiger partial charge < -0.3 is 20.8 Å². The lowest BCUT2D eigenvalue weighted by Gasteiger charge is -2.08. The number of phenolic OH excluding ortho intramolecular Hbond substituents is 2. The first kappa shape index (κ1) is 12.3. The Morgan fingerprint density at radius 1 is 1.25 bits per heavy atom. The molecule has 0 unspecified atom stereocenters. The van der Waals surface area contributed by atoms with Gasteiger partial charge in [-0.25, -0.2) is 0 Å². The van der Waals surface area contributed by atoms with Crippen molar-refractivity contribution in [1.29, 1.82) is 0 Å². The molecule has 0 heterocycles. The maximum atomic E-state index is 11.6. The molecule has 0 aliphatic rings. The average Bonchev–Trinajstić information content (AvgIpc) is 2.24. The Labute approximate surface area is 94.1 Å². The number of amides is 1. The monoisotopic (exact) mass is 224 g/mol. The van der Waals surface area contributed by atoms with Crippen LogP contribution in [0.3, 0.4) is 0 Å². The van der Waals surface area contributed by atoms with E-state index in [1.54, 1.807) is 0 Å². The molecule has 0 saturated carbocycles. The van der Waals surface area contributed by atoms with Crippen molar-refractivity contribution in [2.45, 2.75) is 6.92 Å². The van der Waals surface area contributed by atoms with Crippen LogP contribution in [0.2, 0.25) is 0 Å². The highest BCUT2D eigenvalue weighted by Crippen LogP contribution is 2.25. The van der Waals surface area contributed by atoms with Gasteiger partial charge in [-0.15, -0.1) is 0 Å². The SMILES string of the molecule is CCNCCNC(=O)c1c(O)cccc1O. The summed E-state index contributed by atoms with van der Waals surface area (Å²) in [6.07, 6.45) is 0. The Hall–Kier alpha value is -1.75. The summed E-state index contributed by atoms with van der Waals surface area (Å²) in [5, 5.41) is 24.5. The molecule has 0 saturated heterocycles. The fraction of sp³-hybridized carbons (Fsp3) is 0.364. The molecule has 0 spiro atoms. The molecule has 1 amide bonds. The summed E-state index contributed by atoms with van der Waals surface area (Å²) in [5.41, 5.74) is -0.0843. The number of carbonyl (C=O) groups is 1. The second-order valence-electron chi connectivity index (χ2n) is 3.28. The third-order valence-electron chi connectivity index (χ3n) is 2.08. The predicted octanol–water partition coefficient (Wildman–Crippen LogP) is 0.437. The summed E-state index contributed by atoms with van der Waals surface area (Å²) < 4.78 is 0. The second-order valence-corrected chi connectivity index (χ2v) is 3.28. The number of likely N-dealkylation sites (N-methyl/N-ethyl adjacent to an activating group) is 1. The normalized spacial score (nSPS) is 10.1. The van der Waals surface area contributed by atoms with Gasteiger partial charge >= 0.3 is 0 Å². The zero-order valence-electron chi connectivity index (χ0n) is 9.16. The first-order valence-corrected chi connectivity index (χ1v) is 5.16. The minimum atomic E-state index is -0.478. The highest BCUT2D eigenvalue weighted by Gasteiger charge is 2.14. The molecule has 1 rings (SSSR count). The van der Waals surface area contributed by atoms with Crippen LogP contribution in [0.15, 0.2) is 18.2 Å². The molecular weight excluding hydrogens is 208 g/mol. The van der Waals surface area contributed by atoms with Crippen LogP contribution >= 0.6 is 0 Å². The van der Waals surface area contributed by atoms with E-state index in [2.05, 4.69) is 10.6 Å². The molecule has 0 fully saturated rings. The number of hydrogen-bond acceptors (Lipinski definition) is 4. The zero-order chi connectivity index (χ0) is 12.0. The quantitative estimate of drug-likeness (QED) is 0.547. The fourth-order valence-corrected chi connectivity index (χ4v) is 1.29. The largest absolute Gasteiger partial charge is 0.507 e. The molecule has 5 nitrogen and oxygen atoms in total. The van der Waals surface area contributed by atoms with E-state index in [4.69, 9.17) is 0 Å². The van der Waals surface area contributed by atoms with Crippen LogP contribution in [0, 0.1) is 0 Å². The Morgan fingerprint density at radius 3 is 2.44 bits per heavy atom. The molecule has 5 heteroatoms. The molecule has 0 aromatic heterocycles. The number of benzene rings is 1. The third kappa shape index (κ3) is 3.13. The molecular formula is C11H16N2O3. The van der Waals surface area contributed by atoms with Gasteiger partial charge in [-0.2, -0.15) is 0 Å². The van der Waals surface area contributed by atoms with Gasteiger partial charge in [0.1, 0.15) is 17.1 Å². The van der Waals surface area contributed by atoms with E-state index in [1.165, 1.54) is 18.2 Å². The number of hydrogen-bond donors (Lipinski definition) is 4. The van der Waals surface area contributed by atoms with E-state index in [1.807, 2.05) is 6.92 Å². The highest BCUT2D eigenvalue weighted by molar-refractivity contribution is 5.99. The zero-order valence-corrected chi connectivity index (χ0v) is 9.16. The van der Waals surface area contributed by atoms with Gasteiger partial charge in [-0.3, -0.25) is 4.79 Å². The molecule has 88 valence electrons. The molecule has 0 radical (unpaired) electrons. The van der Waals surface area contributed by atoms with Crippen molar-refractivity contribution in [1.82, 2.24) is 10.6 Å². The van der Waals surface area contributed by atoms with Crippen LogP contribution in [-0.2, 0) is 0 Å².